The Hall–Kier alpha value is -1.17. The lowest BCUT2D eigenvalue weighted by molar-refractivity contribution is 0.864. The van der Waals surface area contributed by atoms with E-state index in [1.807, 2.05) is 0 Å². The third-order valence-corrected chi connectivity index (χ3v) is 4.36. The average molecular weight is 395 g/mol. The van der Waals surface area contributed by atoms with Crippen molar-refractivity contribution in [1.29, 1.82) is 0 Å². The predicted molar refractivity (Wildman–Crippen MR) is 97.7 cm³/mol. The molecule has 0 spiro atoms. The van der Waals surface area contributed by atoms with Crippen LogP contribution in [0.25, 0.3) is 11.4 Å². The second-order valence-electron chi connectivity index (χ2n) is 5.20. The third-order valence-electron chi connectivity index (χ3n) is 3.23. The Morgan fingerprint density at radius 2 is 1.95 bits per heavy atom. The maximum atomic E-state index is 4.78. The normalized spacial score (nSPS) is 10.7. The lowest BCUT2D eigenvalue weighted by Crippen LogP contribution is -2.09. The van der Waals surface area contributed by atoms with Gasteiger partial charge in [0.15, 0.2) is 5.82 Å². The quantitative estimate of drug-likeness (QED) is 0.712. The molecular weight excluding hydrogens is 373 g/mol. The zero-order chi connectivity index (χ0) is 15.2. The van der Waals surface area contributed by atoms with Crippen LogP contribution in [0.5, 0.6) is 0 Å². The number of hydrogen-bond acceptors (Lipinski definition) is 3. The number of benzene rings is 1. The molecule has 4 heteroatoms. The van der Waals surface area contributed by atoms with E-state index in [4.69, 9.17) is 9.97 Å². The van der Waals surface area contributed by atoms with Gasteiger partial charge < -0.3 is 5.32 Å². The van der Waals surface area contributed by atoms with Crippen molar-refractivity contribution in [3.63, 3.8) is 0 Å². The van der Waals surface area contributed by atoms with Gasteiger partial charge in [-0.1, -0.05) is 44.0 Å². The number of nitrogens with zero attached hydrogens (tertiary/aromatic N) is 2. The molecule has 112 valence electrons. The summed E-state index contributed by atoms with van der Waals surface area (Å²) >= 11 is 2.36. The average Bonchev–Trinajstić information content (AvgIpc) is 2.48. The first-order valence-electron chi connectivity index (χ1n) is 7.53. The molecule has 0 fully saturated rings. The van der Waals surface area contributed by atoms with Gasteiger partial charge in [-0.2, -0.15) is 0 Å². The second-order valence-corrected chi connectivity index (χ2v) is 6.28. The molecule has 1 heterocycles. The van der Waals surface area contributed by atoms with Crippen LogP contribution in [-0.4, -0.2) is 16.5 Å². The van der Waals surface area contributed by atoms with Gasteiger partial charge >= 0.3 is 0 Å². The van der Waals surface area contributed by atoms with Crippen LogP contribution in [0.1, 0.15) is 37.9 Å². The number of halogens is 1. The van der Waals surface area contributed by atoms with Gasteiger partial charge in [0.2, 0.25) is 0 Å². The zero-order valence-electron chi connectivity index (χ0n) is 12.9. The number of aromatic nitrogens is 2. The number of aryl methyl sites for hydroxylation is 2. The first-order valence-corrected chi connectivity index (χ1v) is 8.60. The Kier molecular flexibility index (Phi) is 5.96. The monoisotopic (exact) mass is 395 g/mol. The van der Waals surface area contributed by atoms with Gasteiger partial charge in [-0.15, -0.1) is 0 Å². The van der Waals surface area contributed by atoms with Crippen molar-refractivity contribution in [3.05, 3.63) is 39.1 Å². The van der Waals surface area contributed by atoms with E-state index in [0.29, 0.717) is 0 Å². The maximum Gasteiger partial charge on any atom is 0.161 e. The molecule has 0 aliphatic heterocycles. The third kappa shape index (κ3) is 4.15. The lowest BCUT2D eigenvalue weighted by Gasteiger charge is -2.13. The number of hydrogen-bond donors (Lipinski definition) is 1. The maximum absolute atomic E-state index is 4.78. The standard InChI is InChI=1S/C17H22IN3/c1-4-7-14-15(18)17(19-10-5-2)21-16(20-14)13-9-6-8-12(3)11-13/h6,8-9,11H,4-5,7,10H2,1-3H3,(H,19,20,21). The van der Waals surface area contributed by atoms with E-state index in [-0.39, 0.29) is 0 Å². The number of rotatable bonds is 6. The Bertz CT molecular complexity index is 611. The minimum absolute atomic E-state index is 0.821. The molecule has 21 heavy (non-hydrogen) atoms. The van der Waals surface area contributed by atoms with Crippen LogP contribution < -0.4 is 5.32 Å². The Labute approximate surface area is 140 Å². The molecule has 0 amide bonds. The Morgan fingerprint density at radius 1 is 1.14 bits per heavy atom. The van der Waals surface area contributed by atoms with Gasteiger partial charge in [0.05, 0.1) is 9.26 Å². The zero-order valence-corrected chi connectivity index (χ0v) is 15.1. The largest absolute Gasteiger partial charge is 0.369 e. The fraction of sp³-hybridized carbons (Fsp3) is 0.412. The van der Waals surface area contributed by atoms with Crippen molar-refractivity contribution < 1.29 is 0 Å². The van der Waals surface area contributed by atoms with Gasteiger partial charge in [-0.3, -0.25) is 0 Å². The number of anilines is 1. The second kappa shape index (κ2) is 7.73. The minimum Gasteiger partial charge on any atom is -0.369 e. The Balaban J connectivity index is 2.47. The summed E-state index contributed by atoms with van der Waals surface area (Å²) in [5, 5.41) is 3.43. The molecule has 0 saturated carbocycles. The van der Waals surface area contributed by atoms with Crippen molar-refractivity contribution in [2.24, 2.45) is 0 Å². The first kappa shape index (κ1) is 16.2. The highest BCUT2D eigenvalue weighted by atomic mass is 127. The summed E-state index contributed by atoms with van der Waals surface area (Å²) in [6.07, 6.45) is 3.16. The highest BCUT2D eigenvalue weighted by molar-refractivity contribution is 14.1. The fourth-order valence-electron chi connectivity index (χ4n) is 2.17. The van der Waals surface area contributed by atoms with Crippen LogP contribution in [0.2, 0.25) is 0 Å². The fourth-order valence-corrected chi connectivity index (χ4v) is 2.87. The van der Waals surface area contributed by atoms with Gasteiger partial charge in [0, 0.05) is 12.1 Å². The van der Waals surface area contributed by atoms with Gasteiger partial charge in [-0.25, -0.2) is 9.97 Å². The van der Waals surface area contributed by atoms with Crippen LogP contribution >= 0.6 is 22.6 Å². The van der Waals surface area contributed by atoms with E-state index in [1.165, 1.54) is 5.56 Å². The molecule has 1 aromatic carbocycles. The minimum atomic E-state index is 0.821. The highest BCUT2D eigenvalue weighted by Gasteiger charge is 2.12. The lowest BCUT2D eigenvalue weighted by atomic mass is 10.1. The van der Waals surface area contributed by atoms with E-state index >= 15 is 0 Å². The van der Waals surface area contributed by atoms with Crippen LogP contribution in [0.4, 0.5) is 5.82 Å². The van der Waals surface area contributed by atoms with Crippen molar-refractivity contribution in [2.45, 2.75) is 40.0 Å². The van der Waals surface area contributed by atoms with Crippen LogP contribution in [0.15, 0.2) is 24.3 Å². The summed E-state index contributed by atoms with van der Waals surface area (Å²) < 4.78 is 1.15. The molecule has 2 aromatic rings. The molecule has 0 unspecified atom stereocenters. The summed E-state index contributed by atoms with van der Waals surface area (Å²) in [4.78, 5) is 9.52. The number of nitrogens with one attached hydrogen (secondary N) is 1. The molecule has 0 aliphatic rings. The van der Waals surface area contributed by atoms with E-state index < -0.39 is 0 Å². The summed E-state index contributed by atoms with van der Waals surface area (Å²) in [5.74, 6) is 1.79. The predicted octanol–water partition coefficient (Wildman–Crippen LogP) is 4.83. The SMILES string of the molecule is CCCNc1nc(-c2cccc(C)c2)nc(CCC)c1I. The summed E-state index contributed by atoms with van der Waals surface area (Å²) in [6, 6.07) is 8.38. The summed E-state index contributed by atoms with van der Waals surface area (Å²) in [6.45, 7) is 7.38. The van der Waals surface area contributed by atoms with Crippen molar-refractivity contribution in [2.75, 3.05) is 11.9 Å². The van der Waals surface area contributed by atoms with Gasteiger partial charge in [0.25, 0.3) is 0 Å². The van der Waals surface area contributed by atoms with E-state index in [1.54, 1.807) is 0 Å². The van der Waals surface area contributed by atoms with Crippen LogP contribution in [0, 0.1) is 10.5 Å². The molecule has 0 atom stereocenters. The first-order chi connectivity index (χ1) is 10.2. The molecule has 0 saturated heterocycles. The van der Waals surface area contributed by atoms with Gasteiger partial charge in [-0.05, 0) is 48.4 Å². The van der Waals surface area contributed by atoms with Crippen LogP contribution in [0.3, 0.4) is 0 Å². The smallest absolute Gasteiger partial charge is 0.161 e. The molecular formula is C17H22IN3. The highest BCUT2D eigenvalue weighted by Crippen LogP contribution is 2.25. The van der Waals surface area contributed by atoms with E-state index in [9.17, 15) is 0 Å². The molecule has 1 aromatic heterocycles. The summed E-state index contributed by atoms with van der Waals surface area (Å²) in [5.41, 5.74) is 3.46. The Morgan fingerprint density at radius 3 is 2.62 bits per heavy atom. The molecule has 3 nitrogen and oxygen atoms in total. The van der Waals surface area contributed by atoms with E-state index in [2.05, 4.69) is 72.9 Å². The molecule has 1 N–H and O–H groups in total. The van der Waals surface area contributed by atoms with E-state index in [0.717, 1.165) is 52.3 Å². The van der Waals surface area contributed by atoms with Crippen molar-refractivity contribution in [1.82, 2.24) is 9.97 Å². The topological polar surface area (TPSA) is 37.8 Å². The molecule has 0 bridgehead atoms. The van der Waals surface area contributed by atoms with Crippen LogP contribution in [-0.2, 0) is 6.42 Å². The molecule has 2 rings (SSSR count). The molecule has 0 aliphatic carbocycles. The summed E-state index contributed by atoms with van der Waals surface area (Å²) in [7, 11) is 0. The van der Waals surface area contributed by atoms with Crippen molar-refractivity contribution in [3.8, 4) is 11.4 Å². The van der Waals surface area contributed by atoms with Crippen molar-refractivity contribution >= 4 is 28.4 Å². The molecule has 0 radical (unpaired) electrons. The van der Waals surface area contributed by atoms with Gasteiger partial charge in [0.1, 0.15) is 5.82 Å².